The van der Waals surface area contributed by atoms with Crippen LogP contribution < -0.4 is 0 Å². The second kappa shape index (κ2) is 6.03. The summed E-state index contributed by atoms with van der Waals surface area (Å²) in [5, 5.41) is 9.37. The molecule has 0 aliphatic heterocycles. The lowest BCUT2D eigenvalue weighted by atomic mass is 10.1. The third-order valence-electron chi connectivity index (χ3n) is 3.09. The van der Waals surface area contributed by atoms with Crippen LogP contribution in [0, 0.1) is 5.82 Å². The van der Waals surface area contributed by atoms with Crippen LogP contribution in [0.3, 0.4) is 0 Å². The molecule has 0 atom stereocenters. The SMILES string of the molecule is COC(C)(C)Cn1c(SCC(=O)O)nc2ccc(F)cc21. The molecule has 0 fully saturated rings. The van der Waals surface area contributed by atoms with Crippen LogP contribution >= 0.6 is 11.8 Å². The fourth-order valence-electron chi connectivity index (χ4n) is 1.91. The average molecular weight is 312 g/mol. The number of carboxylic acid groups (broad SMARTS) is 1. The zero-order valence-corrected chi connectivity index (χ0v) is 12.9. The number of thioether (sulfide) groups is 1. The van der Waals surface area contributed by atoms with Crippen LogP contribution in [0.15, 0.2) is 23.4 Å². The summed E-state index contributed by atoms with van der Waals surface area (Å²) in [6, 6.07) is 4.33. The third-order valence-corrected chi connectivity index (χ3v) is 4.05. The van der Waals surface area contributed by atoms with Gasteiger partial charge in [-0.05, 0) is 32.0 Å². The maximum Gasteiger partial charge on any atom is 0.313 e. The van der Waals surface area contributed by atoms with E-state index in [1.807, 2.05) is 13.8 Å². The van der Waals surface area contributed by atoms with Crippen molar-refractivity contribution in [2.24, 2.45) is 0 Å². The number of hydrogen-bond donors (Lipinski definition) is 1. The van der Waals surface area contributed by atoms with E-state index in [0.29, 0.717) is 22.7 Å². The first-order valence-corrected chi connectivity index (χ1v) is 7.36. The van der Waals surface area contributed by atoms with Crippen molar-refractivity contribution in [2.45, 2.75) is 31.1 Å². The molecule has 1 heterocycles. The summed E-state index contributed by atoms with van der Waals surface area (Å²) < 4.78 is 20.7. The minimum atomic E-state index is -0.921. The Hall–Kier alpha value is -1.60. The molecule has 1 aromatic carbocycles. The predicted octanol–water partition coefficient (Wildman–Crippen LogP) is 2.78. The molecular weight excluding hydrogens is 295 g/mol. The van der Waals surface area contributed by atoms with E-state index in [4.69, 9.17) is 9.84 Å². The van der Waals surface area contributed by atoms with Gasteiger partial charge in [0, 0.05) is 7.11 Å². The Kier molecular flexibility index (Phi) is 4.53. The Bertz CT molecular complexity index is 670. The summed E-state index contributed by atoms with van der Waals surface area (Å²) in [4.78, 5) is 15.1. The van der Waals surface area contributed by atoms with E-state index in [1.54, 1.807) is 17.7 Å². The summed E-state index contributed by atoms with van der Waals surface area (Å²) in [5.74, 6) is -1.37. The van der Waals surface area contributed by atoms with Crippen LogP contribution in [0.2, 0.25) is 0 Å². The molecule has 0 saturated heterocycles. The second-order valence-electron chi connectivity index (χ2n) is 5.26. The summed E-state index contributed by atoms with van der Waals surface area (Å²) in [6.07, 6.45) is 0. The van der Waals surface area contributed by atoms with Gasteiger partial charge < -0.3 is 14.4 Å². The van der Waals surface area contributed by atoms with Crippen molar-refractivity contribution in [3.05, 3.63) is 24.0 Å². The molecule has 1 aromatic heterocycles. The first-order valence-electron chi connectivity index (χ1n) is 6.38. The number of halogens is 1. The minimum absolute atomic E-state index is 0.0980. The molecule has 0 spiro atoms. The number of aliphatic carboxylic acids is 1. The van der Waals surface area contributed by atoms with Gasteiger partial charge in [-0.25, -0.2) is 9.37 Å². The molecule has 114 valence electrons. The van der Waals surface area contributed by atoms with Gasteiger partial charge in [-0.3, -0.25) is 4.79 Å². The van der Waals surface area contributed by atoms with E-state index in [-0.39, 0.29) is 11.6 Å². The lowest BCUT2D eigenvalue weighted by Gasteiger charge is -2.24. The number of benzene rings is 1. The number of aromatic nitrogens is 2. The van der Waals surface area contributed by atoms with Gasteiger partial charge in [0.15, 0.2) is 5.16 Å². The van der Waals surface area contributed by atoms with E-state index in [0.717, 1.165) is 11.8 Å². The van der Waals surface area contributed by atoms with Crippen molar-refractivity contribution >= 4 is 28.8 Å². The molecule has 2 aromatic rings. The number of hydrogen-bond acceptors (Lipinski definition) is 4. The summed E-state index contributed by atoms with van der Waals surface area (Å²) in [5.41, 5.74) is 0.794. The van der Waals surface area contributed by atoms with E-state index >= 15 is 0 Å². The van der Waals surface area contributed by atoms with Gasteiger partial charge in [-0.15, -0.1) is 0 Å². The first kappa shape index (κ1) is 15.8. The molecule has 2 rings (SSSR count). The highest BCUT2D eigenvalue weighted by Gasteiger charge is 2.22. The highest BCUT2D eigenvalue weighted by Crippen LogP contribution is 2.27. The number of carboxylic acids is 1. The normalized spacial score (nSPS) is 12.0. The Morgan fingerprint density at radius 1 is 1.52 bits per heavy atom. The number of imidazole rings is 1. The number of fused-ring (bicyclic) bond motifs is 1. The van der Waals surface area contributed by atoms with Crippen molar-refractivity contribution < 1.29 is 19.0 Å². The maximum absolute atomic E-state index is 13.5. The van der Waals surface area contributed by atoms with Crippen LogP contribution in [-0.4, -0.2) is 39.1 Å². The summed E-state index contributed by atoms with van der Waals surface area (Å²) in [6.45, 7) is 4.26. The standard InChI is InChI=1S/C14H17FN2O3S/c1-14(2,20-3)8-17-11-6-9(15)4-5-10(11)16-13(17)21-7-12(18)19/h4-6H,7-8H2,1-3H3,(H,18,19). The number of carbonyl (C=O) groups is 1. The zero-order chi connectivity index (χ0) is 15.6. The van der Waals surface area contributed by atoms with Gasteiger partial charge >= 0.3 is 5.97 Å². The quantitative estimate of drug-likeness (QED) is 0.831. The number of ether oxygens (including phenoxy) is 1. The maximum atomic E-state index is 13.5. The lowest BCUT2D eigenvalue weighted by Crippen LogP contribution is -2.29. The first-order chi connectivity index (χ1) is 9.82. The highest BCUT2D eigenvalue weighted by molar-refractivity contribution is 7.99. The van der Waals surface area contributed by atoms with Gasteiger partial charge in [-0.1, -0.05) is 11.8 Å². The fourth-order valence-corrected chi connectivity index (χ4v) is 2.64. The largest absolute Gasteiger partial charge is 0.481 e. The third kappa shape index (κ3) is 3.74. The van der Waals surface area contributed by atoms with Crippen LogP contribution in [-0.2, 0) is 16.1 Å². The summed E-state index contributed by atoms with van der Waals surface area (Å²) >= 11 is 1.11. The Labute approximate surface area is 126 Å². The van der Waals surface area contributed by atoms with Crippen molar-refractivity contribution in [1.29, 1.82) is 0 Å². The Balaban J connectivity index is 2.47. The number of methoxy groups -OCH3 is 1. The van der Waals surface area contributed by atoms with Gasteiger partial charge in [0.2, 0.25) is 0 Å². The molecule has 21 heavy (non-hydrogen) atoms. The Morgan fingerprint density at radius 3 is 2.86 bits per heavy atom. The van der Waals surface area contributed by atoms with Crippen molar-refractivity contribution in [2.75, 3.05) is 12.9 Å². The molecule has 1 N–H and O–H groups in total. The summed E-state index contributed by atoms with van der Waals surface area (Å²) in [7, 11) is 1.60. The van der Waals surface area contributed by atoms with E-state index < -0.39 is 11.6 Å². The minimum Gasteiger partial charge on any atom is -0.481 e. The van der Waals surface area contributed by atoms with Crippen molar-refractivity contribution in [1.82, 2.24) is 9.55 Å². The van der Waals surface area contributed by atoms with Crippen molar-refractivity contribution in [3.63, 3.8) is 0 Å². The molecule has 0 amide bonds. The zero-order valence-electron chi connectivity index (χ0n) is 12.1. The molecular formula is C14H17FN2O3S. The van der Waals surface area contributed by atoms with E-state index in [1.165, 1.54) is 12.1 Å². The smallest absolute Gasteiger partial charge is 0.313 e. The molecule has 5 nitrogen and oxygen atoms in total. The van der Waals surface area contributed by atoms with Crippen molar-refractivity contribution in [3.8, 4) is 0 Å². The molecule has 0 saturated carbocycles. The number of rotatable bonds is 6. The lowest BCUT2D eigenvalue weighted by molar-refractivity contribution is -0.133. The Morgan fingerprint density at radius 2 is 2.24 bits per heavy atom. The van der Waals surface area contributed by atoms with Crippen LogP contribution in [0.5, 0.6) is 0 Å². The molecule has 0 radical (unpaired) electrons. The van der Waals surface area contributed by atoms with Gasteiger partial charge in [0.05, 0.1) is 28.9 Å². The van der Waals surface area contributed by atoms with Gasteiger partial charge in [0.25, 0.3) is 0 Å². The average Bonchev–Trinajstić information content (AvgIpc) is 2.74. The molecule has 0 aliphatic rings. The van der Waals surface area contributed by atoms with Crippen LogP contribution in [0.25, 0.3) is 11.0 Å². The van der Waals surface area contributed by atoms with Gasteiger partial charge in [0.1, 0.15) is 5.82 Å². The van der Waals surface area contributed by atoms with Crippen LogP contribution in [0.1, 0.15) is 13.8 Å². The van der Waals surface area contributed by atoms with Gasteiger partial charge in [-0.2, -0.15) is 0 Å². The highest BCUT2D eigenvalue weighted by atomic mass is 32.2. The van der Waals surface area contributed by atoms with Crippen LogP contribution in [0.4, 0.5) is 4.39 Å². The van der Waals surface area contributed by atoms with E-state index in [9.17, 15) is 9.18 Å². The predicted molar refractivity (Wildman–Crippen MR) is 79.1 cm³/mol. The molecule has 0 aliphatic carbocycles. The molecule has 0 bridgehead atoms. The monoisotopic (exact) mass is 312 g/mol. The molecule has 7 heteroatoms. The van der Waals surface area contributed by atoms with E-state index in [2.05, 4.69) is 4.98 Å². The number of nitrogens with zero attached hydrogens (tertiary/aromatic N) is 2. The second-order valence-corrected chi connectivity index (χ2v) is 6.20. The topological polar surface area (TPSA) is 64.3 Å². The fraction of sp³-hybridized carbons (Fsp3) is 0.429. The molecule has 0 unspecified atom stereocenters.